The Hall–Kier alpha value is -1.23. The van der Waals surface area contributed by atoms with E-state index in [4.69, 9.17) is 29.8 Å². The molecule has 3 heteroatoms. The zero-order valence-corrected chi connectivity index (χ0v) is 8.60. The number of fused-ring (bicyclic) bond motifs is 1. The Morgan fingerprint density at radius 3 is 2.57 bits per heavy atom. The molecular weight excluding hydrogens is 217 g/mol. The van der Waals surface area contributed by atoms with Gasteiger partial charge in [-0.3, -0.25) is 0 Å². The van der Waals surface area contributed by atoms with E-state index in [2.05, 4.69) is 4.85 Å². The highest BCUT2D eigenvalue weighted by Gasteiger charge is 2.09. The van der Waals surface area contributed by atoms with Gasteiger partial charge in [0.1, 0.15) is 0 Å². The molecule has 0 saturated heterocycles. The van der Waals surface area contributed by atoms with Gasteiger partial charge in [-0.05, 0) is 16.8 Å². The van der Waals surface area contributed by atoms with E-state index in [0.717, 1.165) is 10.8 Å². The fourth-order valence-electron chi connectivity index (χ4n) is 1.36. The van der Waals surface area contributed by atoms with Crippen molar-refractivity contribution in [1.82, 2.24) is 0 Å². The summed E-state index contributed by atoms with van der Waals surface area (Å²) in [6.07, 6.45) is 0. The summed E-state index contributed by atoms with van der Waals surface area (Å²) >= 11 is 12.0. The summed E-state index contributed by atoms with van der Waals surface area (Å²) in [7, 11) is 0. The Morgan fingerprint density at radius 2 is 1.86 bits per heavy atom. The highest BCUT2D eigenvalue weighted by molar-refractivity contribution is 6.43. The van der Waals surface area contributed by atoms with Crippen molar-refractivity contribution < 1.29 is 0 Å². The lowest BCUT2D eigenvalue weighted by atomic mass is 10.1. The van der Waals surface area contributed by atoms with Crippen LogP contribution in [-0.2, 0) is 0 Å². The highest BCUT2D eigenvalue weighted by atomic mass is 35.5. The molecule has 0 amide bonds. The molecular formula is C11H5Cl2N. The zero-order chi connectivity index (χ0) is 10.1. The molecule has 0 bridgehead atoms. The van der Waals surface area contributed by atoms with E-state index < -0.39 is 0 Å². The smallest absolute Gasteiger partial charge is 0.224 e. The first-order chi connectivity index (χ1) is 6.74. The summed E-state index contributed by atoms with van der Waals surface area (Å²) in [5.41, 5.74) is 0.326. The second kappa shape index (κ2) is 3.49. The minimum atomic E-state index is 0.326. The Bertz CT molecular complexity index is 541. The van der Waals surface area contributed by atoms with Crippen molar-refractivity contribution in [3.05, 3.63) is 51.8 Å². The molecule has 0 aromatic heterocycles. The van der Waals surface area contributed by atoms with Crippen molar-refractivity contribution in [2.75, 3.05) is 0 Å². The van der Waals surface area contributed by atoms with Crippen LogP contribution in [0, 0.1) is 6.57 Å². The normalized spacial score (nSPS) is 10.1. The summed E-state index contributed by atoms with van der Waals surface area (Å²) < 4.78 is 0. The molecule has 0 aliphatic rings. The third kappa shape index (κ3) is 1.33. The zero-order valence-electron chi connectivity index (χ0n) is 7.09. The topological polar surface area (TPSA) is 4.36 Å². The maximum absolute atomic E-state index is 6.96. The van der Waals surface area contributed by atoms with Crippen LogP contribution in [-0.4, -0.2) is 0 Å². The van der Waals surface area contributed by atoms with E-state index in [0.29, 0.717) is 15.7 Å². The van der Waals surface area contributed by atoms with E-state index in [1.54, 1.807) is 6.07 Å². The van der Waals surface area contributed by atoms with Gasteiger partial charge in [0.15, 0.2) is 0 Å². The van der Waals surface area contributed by atoms with Gasteiger partial charge in [-0.1, -0.05) is 47.5 Å². The maximum Gasteiger partial charge on any atom is 0.224 e. The first-order valence-electron chi connectivity index (χ1n) is 3.98. The molecule has 14 heavy (non-hydrogen) atoms. The van der Waals surface area contributed by atoms with Gasteiger partial charge in [0, 0.05) is 5.02 Å². The molecule has 0 radical (unpaired) electrons. The summed E-state index contributed by atoms with van der Waals surface area (Å²) in [5, 5.41) is 2.66. The van der Waals surface area contributed by atoms with Crippen LogP contribution in [0.2, 0.25) is 10.0 Å². The first kappa shape index (κ1) is 9.33. The van der Waals surface area contributed by atoms with E-state index in [-0.39, 0.29) is 0 Å². The van der Waals surface area contributed by atoms with E-state index >= 15 is 0 Å². The van der Waals surface area contributed by atoms with E-state index in [1.165, 1.54) is 0 Å². The second-order valence-corrected chi connectivity index (χ2v) is 3.64. The predicted molar refractivity (Wildman–Crippen MR) is 60.2 cm³/mol. The molecule has 0 fully saturated rings. The Kier molecular flexibility index (Phi) is 2.33. The fourth-order valence-corrected chi connectivity index (χ4v) is 1.98. The highest BCUT2D eigenvalue weighted by Crippen LogP contribution is 2.39. The molecule has 0 saturated carbocycles. The first-order valence-corrected chi connectivity index (χ1v) is 4.74. The van der Waals surface area contributed by atoms with E-state index in [9.17, 15) is 0 Å². The van der Waals surface area contributed by atoms with Crippen LogP contribution in [0.3, 0.4) is 0 Å². The van der Waals surface area contributed by atoms with Crippen LogP contribution >= 0.6 is 23.2 Å². The molecule has 0 aliphatic carbocycles. The van der Waals surface area contributed by atoms with Crippen LogP contribution < -0.4 is 0 Å². The third-order valence-corrected chi connectivity index (χ3v) is 2.70. The van der Waals surface area contributed by atoms with Crippen LogP contribution in [0.15, 0.2) is 30.3 Å². The number of rotatable bonds is 0. The minimum Gasteiger partial charge on any atom is -0.235 e. The quantitative estimate of drug-likeness (QED) is 0.569. The molecule has 2 aromatic carbocycles. The average molecular weight is 222 g/mol. The Balaban J connectivity index is 2.95. The van der Waals surface area contributed by atoms with Gasteiger partial charge >= 0.3 is 0 Å². The molecule has 0 unspecified atom stereocenters. The van der Waals surface area contributed by atoms with Crippen molar-refractivity contribution in [2.24, 2.45) is 0 Å². The van der Waals surface area contributed by atoms with E-state index in [1.807, 2.05) is 24.3 Å². The second-order valence-electron chi connectivity index (χ2n) is 2.85. The molecule has 1 nitrogen and oxygen atoms in total. The van der Waals surface area contributed by atoms with Gasteiger partial charge in [0.05, 0.1) is 11.6 Å². The number of hydrogen-bond donors (Lipinski definition) is 0. The molecule has 2 rings (SSSR count). The molecule has 2 aromatic rings. The van der Waals surface area contributed by atoms with Gasteiger partial charge in [0.2, 0.25) is 5.69 Å². The lowest BCUT2D eigenvalue weighted by molar-refractivity contribution is 1.74. The van der Waals surface area contributed by atoms with Crippen molar-refractivity contribution in [1.29, 1.82) is 0 Å². The maximum atomic E-state index is 6.96. The van der Waals surface area contributed by atoms with Crippen molar-refractivity contribution >= 4 is 39.7 Å². The fraction of sp³-hybridized carbons (Fsp3) is 0. The van der Waals surface area contributed by atoms with Crippen LogP contribution in [0.1, 0.15) is 0 Å². The molecule has 0 spiro atoms. The summed E-state index contributed by atoms with van der Waals surface area (Å²) in [5.74, 6) is 0. The summed E-state index contributed by atoms with van der Waals surface area (Å²) in [6.45, 7) is 6.96. The Labute approximate surface area is 91.7 Å². The van der Waals surface area contributed by atoms with Crippen LogP contribution in [0.25, 0.3) is 15.6 Å². The van der Waals surface area contributed by atoms with Gasteiger partial charge in [0.25, 0.3) is 0 Å². The van der Waals surface area contributed by atoms with Gasteiger partial charge in [-0.15, -0.1) is 0 Å². The third-order valence-electron chi connectivity index (χ3n) is 2.03. The SMILES string of the molecule is [C-]#[N+]c1c(Cl)cc2ccccc2c1Cl. The average Bonchev–Trinajstić information content (AvgIpc) is 2.18. The van der Waals surface area contributed by atoms with Crippen molar-refractivity contribution in [2.45, 2.75) is 0 Å². The summed E-state index contributed by atoms with van der Waals surface area (Å²) in [4.78, 5) is 3.31. The van der Waals surface area contributed by atoms with Crippen molar-refractivity contribution in [3.63, 3.8) is 0 Å². The van der Waals surface area contributed by atoms with Crippen molar-refractivity contribution in [3.8, 4) is 0 Å². The molecule has 0 atom stereocenters. The molecule has 68 valence electrons. The summed E-state index contributed by atoms with van der Waals surface area (Å²) in [6, 6.07) is 9.35. The van der Waals surface area contributed by atoms with Gasteiger partial charge in [-0.2, -0.15) is 0 Å². The largest absolute Gasteiger partial charge is 0.235 e. The number of nitrogens with zero attached hydrogens (tertiary/aromatic N) is 1. The molecule has 0 heterocycles. The van der Waals surface area contributed by atoms with Crippen LogP contribution in [0.5, 0.6) is 0 Å². The van der Waals surface area contributed by atoms with Crippen LogP contribution in [0.4, 0.5) is 5.69 Å². The monoisotopic (exact) mass is 221 g/mol. The molecule has 0 aliphatic heterocycles. The predicted octanol–water partition coefficient (Wildman–Crippen LogP) is 4.70. The number of halogens is 2. The Morgan fingerprint density at radius 1 is 1.14 bits per heavy atom. The van der Waals surface area contributed by atoms with Gasteiger partial charge in [-0.25, -0.2) is 4.85 Å². The van der Waals surface area contributed by atoms with Gasteiger partial charge < -0.3 is 0 Å². The lowest BCUT2D eigenvalue weighted by Gasteiger charge is -2.03. The minimum absolute atomic E-state index is 0.326. The molecule has 0 N–H and O–H groups in total. The number of hydrogen-bond acceptors (Lipinski definition) is 0. The standard InChI is InChI=1S/C11H5Cl2N/c1-14-11-9(12)6-7-4-2-3-5-8(7)10(11)13/h2-6H. The lowest BCUT2D eigenvalue weighted by Crippen LogP contribution is -1.75. The number of benzene rings is 2.